The number of benzene rings is 5. The predicted octanol–water partition coefficient (Wildman–Crippen LogP) is 7.36. The number of carboxylic acids is 1. The molecule has 0 unspecified atom stereocenters. The molecule has 5 aromatic carbocycles. The van der Waals surface area contributed by atoms with Crippen molar-refractivity contribution in [2.75, 3.05) is 7.11 Å². The van der Waals surface area contributed by atoms with E-state index in [0.29, 0.717) is 17.1 Å². The number of para-hydroxylation sites is 1. The number of aliphatic carboxylic acids is 1. The van der Waals surface area contributed by atoms with Crippen LogP contribution in [0.1, 0.15) is 11.1 Å². The van der Waals surface area contributed by atoms with Gasteiger partial charge in [-0.3, -0.25) is 0 Å². The molecule has 0 aromatic heterocycles. The van der Waals surface area contributed by atoms with E-state index >= 15 is 0 Å². The summed E-state index contributed by atoms with van der Waals surface area (Å²) in [7, 11) is -1.06. The summed E-state index contributed by atoms with van der Waals surface area (Å²) in [6, 6.07) is 47.6. The molecule has 5 aromatic rings. The molecule has 4 nitrogen and oxygen atoms in total. The van der Waals surface area contributed by atoms with Crippen molar-refractivity contribution >= 4 is 51.7 Å². The molecule has 0 heterocycles. The molecule has 0 saturated carbocycles. The SMILES string of the molecule is Br.COC=C(C(=O)O)c1ccccc1Oc1cccc(C[PH](c2ccccc2)(c2ccccc2)c2ccccc2)c1. The van der Waals surface area contributed by atoms with Crippen LogP contribution in [-0.2, 0) is 15.7 Å². The third-order valence-corrected chi connectivity index (χ3v) is 11.9. The van der Waals surface area contributed by atoms with E-state index in [0.717, 1.165) is 11.7 Å². The van der Waals surface area contributed by atoms with Crippen molar-refractivity contribution in [3.63, 3.8) is 0 Å². The summed E-state index contributed by atoms with van der Waals surface area (Å²) in [5.41, 5.74) is 1.62. The molecular formula is C35H32BrO4P. The second kappa shape index (κ2) is 13.9. The van der Waals surface area contributed by atoms with Gasteiger partial charge in [-0.05, 0) is 0 Å². The first-order chi connectivity index (χ1) is 19.6. The summed E-state index contributed by atoms with van der Waals surface area (Å²) in [5.74, 6) is 0.00300. The van der Waals surface area contributed by atoms with E-state index in [9.17, 15) is 9.90 Å². The van der Waals surface area contributed by atoms with E-state index in [4.69, 9.17) is 9.47 Å². The normalized spacial score (nSPS) is 11.7. The average molecular weight is 628 g/mol. The second-order valence-electron chi connectivity index (χ2n) is 9.50. The van der Waals surface area contributed by atoms with Crippen molar-refractivity contribution in [2.45, 2.75) is 6.16 Å². The molecule has 5 rings (SSSR count). The Hall–Kier alpha value is -4.18. The molecule has 41 heavy (non-hydrogen) atoms. The van der Waals surface area contributed by atoms with E-state index in [2.05, 4.69) is 103 Å². The molecule has 0 aliphatic rings. The van der Waals surface area contributed by atoms with Gasteiger partial charge >= 0.3 is 236 Å². The summed E-state index contributed by atoms with van der Waals surface area (Å²) >= 11 is 0. The maximum absolute atomic E-state index is 11.9. The number of halogens is 1. The van der Waals surface area contributed by atoms with Gasteiger partial charge in [-0.2, -0.15) is 0 Å². The number of hydrogen-bond donors (Lipinski definition) is 1. The molecule has 1 N–H and O–H groups in total. The van der Waals surface area contributed by atoms with Crippen LogP contribution in [0.5, 0.6) is 11.5 Å². The Labute approximate surface area is 252 Å². The summed E-state index contributed by atoms with van der Waals surface area (Å²) in [6.45, 7) is 0. The van der Waals surface area contributed by atoms with Crippen molar-refractivity contribution in [3.05, 3.63) is 157 Å². The molecule has 0 bridgehead atoms. The Kier molecular flexibility index (Phi) is 10.1. The van der Waals surface area contributed by atoms with Crippen LogP contribution in [-0.4, -0.2) is 18.2 Å². The number of rotatable bonds is 10. The van der Waals surface area contributed by atoms with Gasteiger partial charge < -0.3 is 0 Å². The fraction of sp³-hybridized carbons (Fsp3) is 0.0571. The van der Waals surface area contributed by atoms with Crippen molar-refractivity contribution < 1.29 is 19.4 Å². The molecule has 208 valence electrons. The first-order valence-corrected chi connectivity index (χ1v) is 15.3. The van der Waals surface area contributed by atoms with Gasteiger partial charge in [-0.15, -0.1) is 17.0 Å². The molecule has 0 aliphatic carbocycles. The molecule has 0 aliphatic heterocycles. The number of hydrogen-bond acceptors (Lipinski definition) is 3. The molecule has 0 fully saturated rings. The molecule has 0 saturated heterocycles. The van der Waals surface area contributed by atoms with Crippen LogP contribution in [0.15, 0.2) is 146 Å². The zero-order valence-electron chi connectivity index (χ0n) is 22.6. The Balaban J connectivity index is 0.00000387. The van der Waals surface area contributed by atoms with E-state index in [1.165, 1.54) is 29.3 Å². The van der Waals surface area contributed by atoms with Crippen LogP contribution < -0.4 is 20.7 Å². The topological polar surface area (TPSA) is 55.8 Å². The average Bonchev–Trinajstić information content (AvgIpc) is 3.00. The first-order valence-electron chi connectivity index (χ1n) is 13.1. The number of ether oxygens (including phenoxy) is 2. The van der Waals surface area contributed by atoms with E-state index in [1.54, 1.807) is 18.2 Å². The third kappa shape index (κ3) is 6.59. The Morgan fingerprint density at radius 2 is 1.22 bits per heavy atom. The molecule has 6 heteroatoms. The number of carboxylic acid groups (broad SMARTS) is 1. The van der Waals surface area contributed by atoms with Crippen LogP contribution in [0.3, 0.4) is 0 Å². The van der Waals surface area contributed by atoms with E-state index in [1.807, 2.05) is 18.2 Å². The monoisotopic (exact) mass is 626 g/mol. The number of carbonyl (C=O) groups is 1. The molecule has 0 atom stereocenters. The maximum atomic E-state index is 11.9. The Morgan fingerprint density at radius 1 is 0.707 bits per heavy atom. The van der Waals surface area contributed by atoms with Gasteiger partial charge in [0.15, 0.2) is 0 Å². The van der Waals surface area contributed by atoms with Gasteiger partial charge in [0.05, 0.1) is 0 Å². The minimum absolute atomic E-state index is 0. The summed E-state index contributed by atoms with van der Waals surface area (Å²) in [4.78, 5) is 11.9. The van der Waals surface area contributed by atoms with Crippen molar-refractivity contribution in [1.29, 1.82) is 0 Å². The van der Waals surface area contributed by atoms with Crippen LogP contribution in [0.4, 0.5) is 0 Å². The van der Waals surface area contributed by atoms with Gasteiger partial charge in [0.1, 0.15) is 0 Å². The summed E-state index contributed by atoms with van der Waals surface area (Å²) in [6.07, 6.45) is 2.05. The van der Waals surface area contributed by atoms with Gasteiger partial charge in [-0.25, -0.2) is 0 Å². The van der Waals surface area contributed by atoms with Crippen LogP contribution in [0.2, 0.25) is 0 Å². The zero-order valence-corrected chi connectivity index (χ0v) is 25.4. The Bertz CT molecular complexity index is 1510. The summed E-state index contributed by atoms with van der Waals surface area (Å²) in [5, 5.41) is 13.7. The minimum atomic E-state index is -2.49. The predicted molar refractivity (Wildman–Crippen MR) is 176 cm³/mol. The van der Waals surface area contributed by atoms with E-state index in [-0.39, 0.29) is 22.6 Å². The van der Waals surface area contributed by atoms with Crippen molar-refractivity contribution in [1.82, 2.24) is 0 Å². The first kappa shape index (κ1) is 29.8. The summed E-state index contributed by atoms with van der Waals surface area (Å²) < 4.78 is 11.3. The van der Waals surface area contributed by atoms with Crippen LogP contribution >= 0.6 is 24.2 Å². The molecule has 0 radical (unpaired) electrons. The van der Waals surface area contributed by atoms with E-state index < -0.39 is 13.2 Å². The van der Waals surface area contributed by atoms with Crippen molar-refractivity contribution in [2.24, 2.45) is 0 Å². The van der Waals surface area contributed by atoms with Gasteiger partial charge in [0, 0.05) is 0 Å². The third-order valence-electron chi connectivity index (χ3n) is 7.04. The van der Waals surface area contributed by atoms with Gasteiger partial charge in [0.2, 0.25) is 0 Å². The second-order valence-corrected chi connectivity index (χ2v) is 13.4. The molecular weight excluding hydrogens is 595 g/mol. The van der Waals surface area contributed by atoms with Crippen molar-refractivity contribution in [3.8, 4) is 11.5 Å². The van der Waals surface area contributed by atoms with Crippen LogP contribution in [0, 0.1) is 0 Å². The number of methoxy groups -OCH3 is 1. The Morgan fingerprint density at radius 3 is 1.73 bits per heavy atom. The fourth-order valence-electron chi connectivity index (χ4n) is 5.25. The molecule has 0 spiro atoms. The van der Waals surface area contributed by atoms with Crippen LogP contribution in [0.25, 0.3) is 5.57 Å². The molecule has 0 amide bonds. The van der Waals surface area contributed by atoms with Gasteiger partial charge in [-0.1, -0.05) is 0 Å². The zero-order chi connectivity index (χ0) is 27.8. The fourth-order valence-corrected chi connectivity index (χ4v) is 9.98. The van der Waals surface area contributed by atoms with Gasteiger partial charge in [0.25, 0.3) is 0 Å². The quantitative estimate of drug-likeness (QED) is 0.1000. The standard InChI is InChI=1S/C35H31O4P.BrH/c1-38-25-33(35(36)37)32-22-11-12-23-34(32)39-28-15-13-14-27(24-28)26-40(29-16-5-2-6-17-29,30-18-7-3-8-19-30)31-20-9-4-10-21-31;/h2-25,40H,26H2,1H3,(H,36,37);1H.